The second-order valence-corrected chi connectivity index (χ2v) is 32.9. The first kappa shape index (κ1) is 100. The van der Waals surface area contributed by atoms with E-state index in [2.05, 4.69) is 110 Å². The molecule has 0 atom stereocenters. The van der Waals surface area contributed by atoms with E-state index in [0.29, 0.717) is 12.2 Å². The van der Waals surface area contributed by atoms with Crippen LogP contribution in [0.3, 0.4) is 0 Å². The molecular formula is C88H106N34O17. The number of nitrogens with one attached hydrogen (secondary N) is 17. The molecule has 12 heterocycles. The molecule has 51 heteroatoms. The number of hydrogen-bond acceptors (Lipinski definition) is 22. The van der Waals surface area contributed by atoms with Gasteiger partial charge in [-0.05, 0) is 82.0 Å². The molecule has 17 amide bonds. The number of rotatable bonds is 41. The maximum atomic E-state index is 13.6. The van der Waals surface area contributed by atoms with Crippen LogP contribution in [-0.2, 0) is 109 Å². The van der Waals surface area contributed by atoms with E-state index in [0.717, 1.165) is 13.0 Å². The van der Waals surface area contributed by atoms with Crippen molar-refractivity contribution in [2.75, 3.05) is 117 Å². The number of carbonyl (C=O) groups excluding carboxylic acids is 17. The number of aromatic nitrogens is 16. The number of carbonyl (C=O) groups is 17. The Hall–Kier alpha value is -18.0. The van der Waals surface area contributed by atoms with Crippen molar-refractivity contribution in [1.82, 2.24) is 106 Å². The second kappa shape index (κ2) is 43.8. The van der Waals surface area contributed by atoms with E-state index in [1.807, 2.05) is 19.0 Å². The summed E-state index contributed by atoms with van der Waals surface area (Å²) in [5.41, 5.74) is 3.47. The molecule has 0 fully saturated rings. The number of imidazole rings is 4. The third-order valence-electron chi connectivity index (χ3n) is 21.3. The Morgan fingerprint density at radius 3 is 0.741 bits per heavy atom. The lowest BCUT2D eigenvalue weighted by atomic mass is 10.3. The zero-order valence-corrected chi connectivity index (χ0v) is 78.6. The van der Waals surface area contributed by atoms with Crippen molar-refractivity contribution in [3.05, 3.63) is 192 Å². The SMILES string of the molecule is CC(=O)Nc1cn(C)c(C(=O)Nc2cc(C(=O)Nc3cc(C(=O)NCCC(=O)Nc4cc(C(=O)Nc5cc(C(=O)Nc6cc(C(=O)NCCCC(=O)Nc7cn(C)c(C(=O)Nc8cc(C(=O)Nc9cc(C(=O)NCCC(=O)Nc%10cn(C)c(C(=O)Nc%11cn(C)c(C(=O)Nc%12cc(C(=O)NCCC(=O)NCCCN(C)C)n(C)c%12)n%11)n%10)n(C)c9)n(C)c8)n7)n(C)c6)n(C)c5)n(C)c4)n(C)c3)n(C)c2)n1. The fourth-order valence-electron chi connectivity index (χ4n) is 14.5. The van der Waals surface area contributed by atoms with Crippen molar-refractivity contribution in [3.8, 4) is 0 Å². The van der Waals surface area contributed by atoms with Gasteiger partial charge in [-0.25, -0.2) is 19.9 Å². The fraction of sp³-hybridized carbons (Fsp3) is 0.307. The van der Waals surface area contributed by atoms with Gasteiger partial charge in [0.05, 0.1) is 45.5 Å². The molecule has 0 radical (unpaired) electrons. The average Bonchev–Trinajstić information content (AvgIpc) is 1.91. The van der Waals surface area contributed by atoms with Crippen molar-refractivity contribution in [2.45, 2.75) is 45.4 Å². The number of aryl methyl sites for hydroxylation is 12. The highest BCUT2D eigenvalue weighted by atomic mass is 16.2. The van der Waals surface area contributed by atoms with E-state index < -0.39 is 88.6 Å². The minimum atomic E-state index is -0.721. The first-order valence-corrected chi connectivity index (χ1v) is 43.1. The smallest absolute Gasteiger partial charge is 0.292 e. The van der Waals surface area contributed by atoms with Crippen LogP contribution >= 0.6 is 0 Å². The Labute approximate surface area is 792 Å². The Kier molecular flexibility index (Phi) is 31.5. The number of nitrogens with zero attached hydrogens (tertiary/aromatic N) is 17. The van der Waals surface area contributed by atoms with E-state index in [1.165, 1.54) is 192 Å². The molecule has 51 nitrogen and oxygen atoms in total. The molecule has 139 heavy (non-hydrogen) atoms. The summed E-state index contributed by atoms with van der Waals surface area (Å²) >= 11 is 0. The lowest BCUT2D eigenvalue weighted by Crippen LogP contribution is -2.32. The van der Waals surface area contributed by atoms with Gasteiger partial charge in [0.2, 0.25) is 52.8 Å². The number of hydrogen-bond donors (Lipinski definition) is 17. The van der Waals surface area contributed by atoms with E-state index >= 15 is 0 Å². The Balaban J connectivity index is 0.517. The first-order chi connectivity index (χ1) is 66.0. The molecule has 730 valence electrons. The van der Waals surface area contributed by atoms with Crippen molar-refractivity contribution < 1.29 is 81.5 Å². The standard InChI is InChI=1S/C88H106N34O17/c1-48(123)94-65-44-119(12)73(105-65)85(136)101-55-34-63(117(10)42-55)83(134)97-51-30-58(112(5)38-51)79(130)92-25-20-71(126)95-49-28-61(115(8)36-49)81(132)99-53-33-62(116(9)40-53)82(133)96-50-29-57(111(4)37-50)77(128)90-22-16-18-70(125)103-66-45-120(13)74(106-66)86(137)102-56-35-64(118(11)43-56)84(135)98-52-31-59(113(6)39-52)80(131)93-26-21-72(127)104-67-46-121(14)76(107-67)88(139)109-68-47-122(15)75(108-68)87(138)100-54-32-60(114(7)41-54)78(129)91-24-19-69(124)89-23-17-27-110(2)3/h28-47H,16-27H2,1-15H3,(H,89,124)(H,90,128)(H,91,129)(H,92,130)(H,93,131)(H,94,123)(H,95,126)(H,96,133)(H,97,134)(H,98,135)(H,99,132)(H,100,138)(H,101,136)(H,102,137)(H,103,125)(H,104,127)(H,109,139). The molecule has 12 aromatic rings. The van der Waals surface area contributed by atoms with Gasteiger partial charge in [-0.1, -0.05) is 0 Å². The monoisotopic (exact) mass is 1910 g/mol. The van der Waals surface area contributed by atoms with Crippen LogP contribution in [0.25, 0.3) is 0 Å². The predicted molar refractivity (Wildman–Crippen MR) is 509 cm³/mol. The summed E-state index contributed by atoms with van der Waals surface area (Å²) in [6.07, 6.45) is 18.5. The highest BCUT2D eigenvalue weighted by Gasteiger charge is 2.28. The summed E-state index contributed by atoms with van der Waals surface area (Å²) in [5.74, 6) is -9.00. The van der Waals surface area contributed by atoms with Crippen LogP contribution in [0, 0.1) is 0 Å². The van der Waals surface area contributed by atoms with Gasteiger partial charge in [-0.3, -0.25) is 81.5 Å². The summed E-state index contributed by atoms with van der Waals surface area (Å²) in [7, 11) is 22.9. The molecule has 17 N–H and O–H groups in total. The zero-order chi connectivity index (χ0) is 101. The number of amides is 17. The van der Waals surface area contributed by atoms with E-state index in [-0.39, 0.29) is 202 Å². The summed E-state index contributed by atoms with van der Waals surface area (Å²) in [6, 6.07) is 11.6. The molecule has 12 aromatic heterocycles. The molecule has 0 saturated carbocycles. The maximum Gasteiger partial charge on any atom is 0.292 e. The van der Waals surface area contributed by atoms with Crippen molar-refractivity contribution in [1.29, 1.82) is 0 Å². The third kappa shape index (κ3) is 25.9. The van der Waals surface area contributed by atoms with Crippen LogP contribution in [0.1, 0.15) is 172 Å². The van der Waals surface area contributed by atoms with Crippen LogP contribution in [0.15, 0.2) is 123 Å². The van der Waals surface area contributed by atoms with Gasteiger partial charge in [-0.15, -0.1) is 0 Å². The molecule has 0 saturated heterocycles. The maximum absolute atomic E-state index is 13.6. The largest absolute Gasteiger partial charge is 0.356 e. The normalized spacial score (nSPS) is 11.0. The number of anilines is 12. The fourth-order valence-corrected chi connectivity index (χ4v) is 14.5. The highest BCUT2D eigenvalue weighted by Crippen LogP contribution is 2.26. The van der Waals surface area contributed by atoms with Gasteiger partial charge in [0, 0.05) is 224 Å². The van der Waals surface area contributed by atoms with Gasteiger partial charge >= 0.3 is 0 Å². The summed E-state index contributed by atoms with van der Waals surface area (Å²) in [6.45, 7) is 2.64. The average molecular weight is 1910 g/mol. The lowest BCUT2D eigenvalue weighted by Gasteiger charge is -2.10. The van der Waals surface area contributed by atoms with E-state index in [4.69, 9.17) is 0 Å². The molecule has 0 spiro atoms. The molecule has 0 aliphatic heterocycles. The first-order valence-electron chi connectivity index (χ1n) is 43.1. The van der Waals surface area contributed by atoms with Gasteiger partial charge in [0.25, 0.3) is 70.9 Å². The van der Waals surface area contributed by atoms with E-state index in [1.54, 1.807) is 77.5 Å². The molecule has 0 aliphatic rings. The molecule has 0 bridgehead atoms. The quantitative estimate of drug-likeness (QED) is 0.0245. The van der Waals surface area contributed by atoms with Crippen LogP contribution in [0.4, 0.5) is 68.8 Å². The molecular weight excluding hydrogens is 1810 g/mol. The van der Waals surface area contributed by atoms with Gasteiger partial charge in [0.15, 0.2) is 23.3 Å². The van der Waals surface area contributed by atoms with Crippen molar-refractivity contribution in [3.63, 3.8) is 0 Å². The summed E-state index contributed by atoms with van der Waals surface area (Å²) < 4.78 is 17.5. The van der Waals surface area contributed by atoms with Gasteiger partial charge in [-0.2, -0.15) is 0 Å². The molecule has 0 aliphatic carbocycles. The molecule has 0 aromatic carbocycles. The van der Waals surface area contributed by atoms with Crippen LogP contribution in [-0.4, -0.2) is 233 Å². The minimum Gasteiger partial charge on any atom is -0.356 e. The van der Waals surface area contributed by atoms with Crippen LogP contribution in [0.2, 0.25) is 0 Å². The van der Waals surface area contributed by atoms with Gasteiger partial charge < -0.3 is 150 Å². The zero-order valence-electron chi connectivity index (χ0n) is 78.6. The summed E-state index contributed by atoms with van der Waals surface area (Å²) in [4.78, 5) is 242. The molecule has 0 unspecified atom stereocenters. The molecule has 12 rings (SSSR count). The van der Waals surface area contributed by atoms with Crippen molar-refractivity contribution >= 4 is 169 Å². The van der Waals surface area contributed by atoms with Gasteiger partial charge in [0.1, 0.15) is 45.6 Å². The Bertz CT molecular complexity index is 6820. The predicted octanol–water partition coefficient (Wildman–Crippen LogP) is 3.16. The highest BCUT2D eigenvalue weighted by molar-refractivity contribution is 6.12. The van der Waals surface area contributed by atoms with E-state index in [9.17, 15) is 81.5 Å². The Morgan fingerprint density at radius 2 is 0.453 bits per heavy atom. The summed E-state index contributed by atoms with van der Waals surface area (Å²) in [5, 5.41) is 45.8. The topological polar surface area (TPSA) is 609 Å². The van der Waals surface area contributed by atoms with Crippen LogP contribution in [0.5, 0.6) is 0 Å². The van der Waals surface area contributed by atoms with Crippen LogP contribution < -0.4 is 90.4 Å². The Morgan fingerprint density at radius 1 is 0.230 bits per heavy atom. The third-order valence-corrected chi connectivity index (χ3v) is 21.3. The van der Waals surface area contributed by atoms with Crippen molar-refractivity contribution in [2.24, 2.45) is 84.6 Å². The lowest BCUT2D eigenvalue weighted by molar-refractivity contribution is -0.121. The minimum absolute atomic E-state index is 0.00621. The second-order valence-electron chi connectivity index (χ2n) is 32.9.